The number of carbonyl (C=O) groups is 2. The fourth-order valence-corrected chi connectivity index (χ4v) is 3.82. The molecule has 7 nitrogen and oxygen atoms in total. The molecule has 0 radical (unpaired) electrons. The standard InChI is InChI=1S/C20H20N2O5S/c1-11(2)27-20(25)16-12(3)15-17(28-16)21-10-22(18(15)23)9-13-5-7-14(8-6-13)19(24)26-4/h5-8,10-11H,9H2,1-4H3. The van der Waals surface area contributed by atoms with Gasteiger partial charge in [0.1, 0.15) is 9.71 Å². The van der Waals surface area contributed by atoms with Crippen LogP contribution in [0.15, 0.2) is 35.4 Å². The van der Waals surface area contributed by atoms with Crippen LogP contribution in [0.1, 0.15) is 45.0 Å². The lowest BCUT2D eigenvalue weighted by Crippen LogP contribution is -2.21. The van der Waals surface area contributed by atoms with E-state index in [1.807, 2.05) is 0 Å². The minimum Gasteiger partial charge on any atom is -0.465 e. The van der Waals surface area contributed by atoms with Crippen LogP contribution in [-0.4, -0.2) is 34.7 Å². The highest BCUT2D eigenvalue weighted by molar-refractivity contribution is 7.20. The summed E-state index contributed by atoms with van der Waals surface area (Å²) in [5.74, 6) is -0.860. The molecule has 3 aromatic rings. The number of thiophene rings is 1. The van der Waals surface area contributed by atoms with E-state index in [0.717, 1.165) is 16.9 Å². The number of fused-ring (bicyclic) bond motifs is 1. The third kappa shape index (κ3) is 3.82. The van der Waals surface area contributed by atoms with Gasteiger partial charge in [-0.05, 0) is 44.0 Å². The van der Waals surface area contributed by atoms with Crippen LogP contribution in [0.5, 0.6) is 0 Å². The quantitative estimate of drug-likeness (QED) is 0.612. The lowest BCUT2D eigenvalue weighted by atomic mass is 10.1. The fourth-order valence-electron chi connectivity index (χ4n) is 2.79. The molecule has 146 valence electrons. The highest BCUT2D eigenvalue weighted by atomic mass is 32.1. The summed E-state index contributed by atoms with van der Waals surface area (Å²) in [5, 5.41) is 0.425. The van der Waals surface area contributed by atoms with Crippen molar-refractivity contribution < 1.29 is 19.1 Å². The molecular weight excluding hydrogens is 380 g/mol. The molecular formula is C20H20N2O5S. The van der Waals surface area contributed by atoms with Crippen LogP contribution in [-0.2, 0) is 16.0 Å². The molecule has 0 bridgehead atoms. The molecule has 0 saturated heterocycles. The molecule has 0 atom stereocenters. The monoisotopic (exact) mass is 400 g/mol. The minimum atomic E-state index is -0.445. The summed E-state index contributed by atoms with van der Waals surface area (Å²) in [6.45, 7) is 5.58. The Morgan fingerprint density at radius 2 is 1.86 bits per heavy atom. The second-order valence-corrected chi connectivity index (χ2v) is 7.56. The van der Waals surface area contributed by atoms with Gasteiger partial charge in [0.05, 0.1) is 37.0 Å². The van der Waals surface area contributed by atoms with Crippen molar-refractivity contribution in [2.24, 2.45) is 0 Å². The van der Waals surface area contributed by atoms with E-state index in [4.69, 9.17) is 4.74 Å². The van der Waals surface area contributed by atoms with Crippen molar-refractivity contribution in [1.29, 1.82) is 0 Å². The van der Waals surface area contributed by atoms with Crippen LogP contribution in [0.25, 0.3) is 10.2 Å². The first-order chi connectivity index (χ1) is 13.3. The average Bonchev–Trinajstić information content (AvgIpc) is 3.01. The number of esters is 2. The fraction of sp³-hybridized carbons (Fsp3) is 0.300. The number of ether oxygens (including phenoxy) is 2. The van der Waals surface area contributed by atoms with Crippen molar-refractivity contribution in [2.45, 2.75) is 33.4 Å². The van der Waals surface area contributed by atoms with E-state index in [2.05, 4.69) is 9.72 Å². The number of carbonyl (C=O) groups excluding carboxylic acids is 2. The molecule has 0 spiro atoms. The third-order valence-electron chi connectivity index (χ3n) is 4.17. The van der Waals surface area contributed by atoms with Gasteiger partial charge in [0.25, 0.3) is 5.56 Å². The van der Waals surface area contributed by atoms with Crippen LogP contribution in [0.4, 0.5) is 0 Å². The van der Waals surface area contributed by atoms with Gasteiger partial charge in [0, 0.05) is 0 Å². The predicted octanol–water partition coefficient (Wildman–Crippen LogP) is 3.17. The van der Waals surface area contributed by atoms with Gasteiger partial charge in [-0.15, -0.1) is 11.3 Å². The zero-order valence-corrected chi connectivity index (χ0v) is 16.8. The number of methoxy groups -OCH3 is 1. The molecule has 0 saturated carbocycles. The first-order valence-electron chi connectivity index (χ1n) is 8.68. The van der Waals surface area contributed by atoms with E-state index in [1.54, 1.807) is 45.0 Å². The summed E-state index contributed by atoms with van der Waals surface area (Å²) in [6.07, 6.45) is 1.22. The van der Waals surface area contributed by atoms with Gasteiger partial charge >= 0.3 is 11.9 Å². The molecule has 2 heterocycles. The molecule has 2 aromatic heterocycles. The summed E-state index contributed by atoms with van der Waals surface area (Å²) < 4.78 is 11.4. The van der Waals surface area contributed by atoms with Crippen LogP contribution in [0, 0.1) is 6.92 Å². The molecule has 0 N–H and O–H groups in total. The molecule has 0 amide bonds. The first-order valence-corrected chi connectivity index (χ1v) is 9.50. The number of rotatable bonds is 5. The Morgan fingerprint density at radius 1 is 1.18 bits per heavy atom. The second kappa shape index (κ2) is 7.93. The second-order valence-electron chi connectivity index (χ2n) is 6.56. The normalized spacial score (nSPS) is 11.0. The Bertz CT molecular complexity index is 1100. The van der Waals surface area contributed by atoms with E-state index in [0.29, 0.717) is 32.8 Å². The van der Waals surface area contributed by atoms with Crippen LogP contribution < -0.4 is 5.56 Å². The number of aromatic nitrogens is 2. The van der Waals surface area contributed by atoms with E-state index in [9.17, 15) is 14.4 Å². The highest BCUT2D eigenvalue weighted by Gasteiger charge is 2.21. The number of benzene rings is 1. The zero-order chi connectivity index (χ0) is 20.4. The first kappa shape index (κ1) is 19.8. The average molecular weight is 400 g/mol. The summed E-state index contributed by atoms with van der Waals surface area (Å²) in [4.78, 5) is 42.0. The Hall–Kier alpha value is -3.00. The number of hydrogen-bond acceptors (Lipinski definition) is 7. The summed E-state index contributed by atoms with van der Waals surface area (Å²) in [5.41, 5.74) is 1.63. The van der Waals surface area contributed by atoms with Crippen molar-refractivity contribution in [2.75, 3.05) is 7.11 Å². The molecule has 3 rings (SSSR count). The molecule has 1 aromatic carbocycles. The Kier molecular flexibility index (Phi) is 5.60. The molecule has 0 aliphatic carbocycles. The van der Waals surface area contributed by atoms with Crippen LogP contribution in [0.2, 0.25) is 0 Å². The molecule has 28 heavy (non-hydrogen) atoms. The predicted molar refractivity (Wildman–Crippen MR) is 106 cm³/mol. The zero-order valence-electron chi connectivity index (χ0n) is 16.0. The SMILES string of the molecule is COC(=O)c1ccc(Cn2cnc3sc(C(=O)OC(C)C)c(C)c3c2=O)cc1. The van der Waals surface area contributed by atoms with Crippen molar-refractivity contribution in [1.82, 2.24) is 9.55 Å². The molecule has 0 unspecified atom stereocenters. The van der Waals surface area contributed by atoms with Gasteiger partial charge in [-0.25, -0.2) is 14.6 Å². The number of hydrogen-bond donors (Lipinski definition) is 0. The topological polar surface area (TPSA) is 87.5 Å². The van der Waals surface area contributed by atoms with Crippen molar-refractivity contribution in [3.05, 3.63) is 62.5 Å². The van der Waals surface area contributed by atoms with Gasteiger partial charge in [-0.1, -0.05) is 12.1 Å². The largest absolute Gasteiger partial charge is 0.465 e. The maximum atomic E-state index is 12.9. The van der Waals surface area contributed by atoms with Crippen LogP contribution >= 0.6 is 11.3 Å². The molecule has 0 aliphatic heterocycles. The number of nitrogens with zero attached hydrogens (tertiary/aromatic N) is 2. The lowest BCUT2D eigenvalue weighted by Gasteiger charge is -2.07. The molecule has 8 heteroatoms. The maximum Gasteiger partial charge on any atom is 0.348 e. The number of aryl methyl sites for hydroxylation is 1. The van der Waals surface area contributed by atoms with Crippen molar-refractivity contribution >= 4 is 33.5 Å². The van der Waals surface area contributed by atoms with E-state index >= 15 is 0 Å². The van der Waals surface area contributed by atoms with Gasteiger partial charge in [-0.3, -0.25) is 9.36 Å². The highest BCUT2D eigenvalue weighted by Crippen LogP contribution is 2.27. The Balaban J connectivity index is 1.94. The van der Waals surface area contributed by atoms with Gasteiger partial charge in [0.2, 0.25) is 0 Å². The Labute approximate surface area is 165 Å². The van der Waals surface area contributed by atoms with Gasteiger partial charge in [-0.2, -0.15) is 0 Å². The summed E-state index contributed by atoms with van der Waals surface area (Å²) >= 11 is 1.16. The molecule has 0 fully saturated rings. The lowest BCUT2D eigenvalue weighted by molar-refractivity contribution is 0.0382. The summed E-state index contributed by atoms with van der Waals surface area (Å²) in [6, 6.07) is 6.81. The Morgan fingerprint density at radius 3 is 2.46 bits per heavy atom. The minimum absolute atomic E-state index is 0.223. The van der Waals surface area contributed by atoms with E-state index < -0.39 is 11.9 Å². The van der Waals surface area contributed by atoms with Gasteiger partial charge in [0.15, 0.2) is 0 Å². The van der Waals surface area contributed by atoms with E-state index in [1.165, 1.54) is 18.0 Å². The van der Waals surface area contributed by atoms with E-state index in [-0.39, 0.29) is 11.7 Å². The van der Waals surface area contributed by atoms with Crippen molar-refractivity contribution in [3.63, 3.8) is 0 Å². The van der Waals surface area contributed by atoms with Crippen LogP contribution in [0.3, 0.4) is 0 Å². The summed E-state index contributed by atoms with van der Waals surface area (Å²) in [7, 11) is 1.32. The molecule has 0 aliphatic rings. The third-order valence-corrected chi connectivity index (χ3v) is 5.35. The smallest absolute Gasteiger partial charge is 0.348 e. The van der Waals surface area contributed by atoms with Crippen molar-refractivity contribution in [3.8, 4) is 0 Å². The maximum absolute atomic E-state index is 12.9. The van der Waals surface area contributed by atoms with Gasteiger partial charge < -0.3 is 9.47 Å².